The number of carbonyl (C=O) groups excluding carboxylic acids is 1. The van der Waals surface area contributed by atoms with E-state index in [2.05, 4.69) is 13.8 Å². The van der Waals surface area contributed by atoms with Crippen LogP contribution in [0.15, 0.2) is 53.4 Å². The molecule has 2 aromatic carbocycles. The van der Waals surface area contributed by atoms with Gasteiger partial charge in [0.1, 0.15) is 0 Å². The molecule has 1 unspecified atom stereocenters. The first-order valence-electron chi connectivity index (χ1n) is 8.05. The molecule has 2 aromatic rings. The van der Waals surface area contributed by atoms with Gasteiger partial charge in [0.25, 0.3) is 10.0 Å². The molecule has 126 valence electrons. The quantitative estimate of drug-likeness (QED) is 0.793. The van der Waals surface area contributed by atoms with E-state index in [9.17, 15) is 13.2 Å². The summed E-state index contributed by atoms with van der Waals surface area (Å²) in [6.07, 6.45) is 0. The van der Waals surface area contributed by atoms with Crippen molar-refractivity contribution in [2.45, 2.75) is 31.6 Å². The number of anilines is 1. The lowest BCUT2D eigenvalue weighted by molar-refractivity contribution is 0.101. The summed E-state index contributed by atoms with van der Waals surface area (Å²) in [6, 6.07) is 13.8. The number of hydrogen-bond donors (Lipinski definition) is 0. The van der Waals surface area contributed by atoms with Gasteiger partial charge in [-0.2, -0.15) is 0 Å². The number of Topliss-reactive ketones (excluding diaryl/α,β-unsaturated/α-hetero) is 1. The van der Waals surface area contributed by atoms with Gasteiger partial charge in [-0.15, -0.1) is 0 Å². The lowest BCUT2D eigenvalue weighted by atomic mass is 9.90. The van der Waals surface area contributed by atoms with Crippen molar-refractivity contribution in [2.75, 3.05) is 10.8 Å². The Hall–Kier alpha value is -2.14. The van der Waals surface area contributed by atoms with Crippen LogP contribution in [0, 0.1) is 5.92 Å². The molecule has 0 radical (unpaired) electrons. The predicted molar refractivity (Wildman–Crippen MR) is 95.0 cm³/mol. The van der Waals surface area contributed by atoms with Crippen molar-refractivity contribution in [2.24, 2.45) is 5.92 Å². The van der Waals surface area contributed by atoms with Crippen molar-refractivity contribution in [3.63, 3.8) is 0 Å². The number of nitrogens with zero attached hydrogens (tertiary/aromatic N) is 1. The Morgan fingerprint density at radius 2 is 1.71 bits per heavy atom. The molecule has 1 atom stereocenters. The molecule has 0 aromatic heterocycles. The summed E-state index contributed by atoms with van der Waals surface area (Å²) in [5.74, 6) is 0.462. The predicted octanol–water partition coefficient (Wildman–Crippen LogP) is 3.84. The molecule has 1 aliphatic heterocycles. The average Bonchev–Trinajstić information content (AvgIpc) is 2.95. The zero-order valence-electron chi connectivity index (χ0n) is 14.1. The second kappa shape index (κ2) is 6.06. The fraction of sp³-hybridized carbons (Fsp3) is 0.316. The van der Waals surface area contributed by atoms with Crippen LogP contribution >= 0.6 is 0 Å². The first kappa shape index (κ1) is 16.7. The number of benzene rings is 2. The summed E-state index contributed by atoms with van der Waals surface area (Å²) in [4.78, 5) is 11.6. The molecule has 24 heavy (non-hydrogen) atoms. The van der Waals surface area contributed by atoms with Gasteiger partial charge < -0.3 is 0 Å². The van der Waals surface area contributed by atoms with Crippen molar-refractivity contribution < 1.29 is 13.2 Å². The van der Waals surface area contributed by atoms with Crippen LogP contribution in [0.1, 0.15) is 42.6 Å². The minimum absolute atomic E-state index is 0.0784. The molecule has 0 amide bonds. The zero-order valence-corrected chi connectivity index (χ0v) is 14.9. The van der Waals surface area contributed by atoms with Gasteiger partial charge in [0.15, 0.2) is 5.78 Å². The highest BCUT2D eigenvalue weighted by Gasteiger charge is 2.37. The lowest BCUT2D eigenvalue weighted by Crippen LogP contribution is -2.30. The maximum atomic E-state index is 13.1. The van der Waals surface area contributed by atoms with Gasteiger partial charge in [0.2, 0.25) is 0 Å². The third kappa shape index (κ3) is 2.73. The van der Waals surface area contributed by atoms with Gasteiger partial charge in [-0.1, -0.05) is 44.2 Å². The van der Waals surface area contributed by atoms with Crippen LogP contribution < -0.4 is 4.31 Å². The molecule has 0 N–H and O–H groups in total. The average molecular weight is 343 g/mol. The molecule has 1 heterocycles. The van der Waals surface area contributed by atoms with Gasteiger partial charge in [-0.25, -0.2) is 8.42 Å². The number of para-hydroxylation sites is 1. The van der Waals surface area contributed by atoms with Crippen LogP contribution in [0.5, 0.6) is 0 Å². The minimum Gasteiger partial charge on any atom is -0.295 e. The van der Waals surface area contributed by atoms with Crippen molar-refractivity contribution in [3.8, 4) is 0 Å². The molecule has 5 heteroatoms. The van der Waals surface area contributed by atoms with Crippen LogP contribution in [-0.2, 0) is 10.0 Å². The first-order valence-corrected chi connectivity index (χ1v) is 9.49. The van der Waals surface area contributed by atoms with E-state index in [1.54, 1.807) is 12.1 Å². The Labute approximate surface area is 143 Å². The molecule has 3 rings (SSSR count). The van der Waals surface area contributed by atoms with Gasteiger partial charge in [-0.3, -0.25) is 9.10 Å². The molecule has 4 nitrogen and oxygen atoms in total. The van der Waals surface area contributed by atoms with Gasteiger partial charge >= 0.3 is 0 Å². The van der Waals surface area contributed by atoms with Crippen LogP contribution in [0.4, 0.5) is 5.69 Å². The van der Waals surface area contributed by atoms with E-state index in [-0.39, 0.29) is 16.6 Å². The molecule has 0 saturated heterocycles. The maximum Gasteiger partial charge on any atom is 0.264 e. The summed E-state index contributed by atoms with van der Waals surface area (Å²) in [5, 5.41) is 0. The fourth-order valence-electron chi connectivity index (χ4n) is 3.19. The summed E-state index contributed by atoms with van der Waals surface area (Å²) in [5.41, 5.74) is 2.35. The van der Waals surface area contributed by atoms with Crippen LogP contribution in [-0.4, -0.2) is 20.7 Å². The largest absolute Gasteiger partial charge is 0.295 e. The highest BCUT2D eigenvalue weighted by molar-refractivity contribution is 7.92. The second-order valence-corrected chi connectivity index (χ2v) is 8.39. The zero-order chi connectivity index (χ0) is 17.5. The molecule has 0 fully saturated rings. The van der Waals surface area contributed by atoms with E-state index < -0.39 is 10.0 Å². The topological polar surface area (TPSA) is 54.5 Å². The molecule has 0 spiro atoms. The number of hydrogen-bond acceptors (Lipinski definition) is 3. The second-order valence-electron chi connectivity index (χ2n) is 6.53. The van der Waals surface area contributed by atoms with Crippen molar-refractivity contribution >= 4 is 21.5 Å². The third-order valence-electron chi connectivity index (χ3n) is 4.62. The monoisotopic (exact) mass is 343 g/mol. The molecule has 0 bridgehead atoms. The van der Waals surface area contributed by atoms with E-state index in [0.717, 1.165) is 11.3 Å². The van der Waals surface area contributed by atoms with E-state index in [0.29, 0.717) is 18.0 Å². The van der Waals surface area contributed by atoms with E-state index in [1.807, 2.05) is 24.3 Å². The molecule has 0 saturated carbocycles. The van der Waals surface area contributed by atoms with Crippen molar-refractivity contribution in [1.29, 1.82) is 0 Å². The standard InChI is InChI=1S/C19H21NO3S/c1-13(2)18-12-20(19-7-5-4-6-17(18)19)24(22,23)16-10-8-15(9-11-16)14(3)21/h4-11,13,18H,12H2,1-3H3. The van der Waals surface area contributed by atoms with Crippen LogP contribution in [0.3, 0.4) is 0 Å². The van der Waals surface area contributed by atoms with E-state index in [4.69, 9.17) is 0 Å². The highest BCUT2D eigenvalue weighted by atomic mass is 32.2. The van der Waals surface area contributed by atoms with E-state index >= 15 is 0 Å². The van der Waals surface area contributed by atoms with Crippen LogP contribution in [0.2, 0.25) is 0 Å². The van der Waals surface area contributed by atoms with E-state index in [1.165, 1.54) is 23.4 Å². The minimum atomic E-state index is -3.64. The Balaban J connectivity index is 2.03. The van der Waals surface area contributed by atoms with Gasteiger partial charge in [0.05, 0.1) is 10.6 Å². The van der Waals surface area contributed by atoms with Gasteiger partial charge in [-0.05, 0) is 36.6 Å². The number of sulfonamides is 1. The Bertz CT molecular complexity index is 870. The maximum absolute atomic E-state index is 13.1. The number of fused-ring (bicyclic) bond motifs is 1. The number of rotatable bonds is 4. The molecule has 1 aliphatic rings. The lowest BCUT2D eigenvalue weighted by Gasteiger charge is -2.21. The van der Waals surface area contributed by atoms with Gasteiger partial charge in [0, 0.05) is 18.0 Å². The Morgan fingerprint density at radius 1 is 1.08 bits per heavy atom. The summed E-state index contributed by atoms with van der Waals surface area (Å²) < 4.78 is 27.7. The Kier molecular flexibility index (Phi) is 4.22. The third-order valence-corrected chi connectivity index (χ3v) is 6.41. The summed E-state index contributed by atoms with van der Waals surface area (Å²) in [6.45, 7) is 6.14. The van der Waals surface area contributed by atoms with Crippen LogP contribution in [0.25, 0.3) is 0 Å². The first-order chi connectivity index (χ1) is 11.3. The molecule has 0 aliphatic carbocycles. The normalized spacial score (nSPS) is 17.2. The SMILES string of the molecule is CC(=O)c1ccc(S(=O)(=O)N2CC(C(C)C)c3ccccc32)cc1. The highest BCUT2D eigenvalue weighted by Crippen LogP contribution is 2.42. The number of ketones is 1. The number of carbonyl (C=O) groups is 1. The summed E-state index contributed by atoms with van der Waals surface area (Å²) in [7, 11) is -3.64. The Morgan fingerprint density at radius 3 is 2.29 bits per heavy atom. The smallest absolute Gasteiger partial charge is 0.264 e. The summed E-state index contributed by atoms with van der Waals surface area (Å²) >= 11 is 0. The van der Waals surface area contributed by atoms with Crippen molar-refractivity contribution in [1.82, 2.24) is 0 Å². The fourth-order valence-corrected chi connectivity index (χ4v) is 4.71. The van der Waals surface area contributed by atoms with Crippen molar-refractivity contribution in [3.05, 3.63) is 59.7 Å². The molecular weight excluding hydrogens is 322 g/mol. The molecular formula is C19H21NO3S.